The van der Waals surface area contributed by atoms with Crippen molar-refractivity contribution in [2.24, 2.45) is 5.92 Å². The van der Waals surface area contributed by atoms with Crippen LogP contribution in [-0.2, 0) is 11.3 Å². The summed E-state index contributed by atoms with van der Waals surface area (Å²) in [5.41, 5.74) is 1.09. The second-order valence-corrected chi connectivity index (χ2v) is 4.91. The second-order valence-electron chi connectivity index (χ2n) is 4.38. The third-order valence-corrected chi connectivity index (χ3v) is 2.85. The summed E-state index contributed by atoms with van der Waals surface area (Å²) >= 11 is 6.12. The Kier molecular flexibility index (Phi) is 5.85. The molecular weight excluding hydrogens is 224 g/mol. The lowest BCUT2D eigenvalue weighted by molar-refractivity contribution is 0.101. The Morgan fingerprint density at radius 1 is 1.50 bits per heavy atom. The van der Waals surface area contributed by atoms with Crippen molar-refractivity contribution in [2.75, 3.05) is 13.2 Å². The smallest absolute Gasteiger partial charge is 0.0662 e. The van der Waals surface area contributed by atoms with Gasteiger partial charge in [-0.15, -0.1) is 11.6 Å². The molecule has 16 heavy (non-hydrogen) atoms. The molecular formula is C12H21ClN2O. The summed E-state index contributed by atoms with van der Waals surface area (Å²) < 4.78 is 7.39. The molecule has 0 aliphatic heterocycles. The lowest BCUT2D eigenvalue weighted by atomic mass is 10.2. The quantitative estimate of drug-likeness (QED) is 0.544. The van der Waals surface area contributed by atoms with E-state index in [0.717, 1.165) is 25.1 Å². The molecule has 1 rings (SSSR count). The average molecular weight is 245 g/mol. The summed E-state index contributed by atoms with van der Waals surface area (Å²) in [7, 11) is 0. The number of rotatable bonds is 7. The first-order valence-electron chi connectivity index (χ1n) is 5.87. The molecule has 0 spiro atoms. The minimum absolute atomic E-state index is 0.0744. The highest BCUT2D eigenvalue weighted by molar-refractivity contribution is 6.20. The predicted octanol–water partition coefficient (Wildman–Crippen LogP) is 3.25. The molecule has 0 aliphatic rings. The minimum Gasteiger partial charge on any atom is -0.379 e. The molecule has 3 nitrogen and oxygen atoms in total. The third-order valence-electron chi connectivity index (χ3n) is 2.29. The fraction of sp³-hybridized carbons (Fsp3) is 0.750. The van der Waals surface area contributed by atoms with Crippen LogP contribution in [0.1, 0.15) is 38.1 Å². The zero-order valence-corrected chi connectivity index (χ0v) is 11.1. The van der Waals surface area contributed by atoms with Crippen molar-refractivity contribution in [1.82, 2.24) is 9.78 Å². The van der Waals surface area contributed by atoms with Crippen molar-refractivity contribution in [3.8, 4) is 0 Å². The van der Waals surface area contributed by atoms with E-state index >= 15 is 0 Å². The predicted molar refractivity (Wildman–Crippen MR) is 66.8 cm³/mol. The van der Waals surface area contributed by atoms with E-state index in [4.69, 9.17) is 16.3 Å². The summed E-state index contributed by atoms with van der Waals surface area (Å²) in [5, 5.41) is 4.33. The first-order chi connectivity index (χ1) is 7.63. The van der Waals surface area contributed by atoms with Crippen molar-refractivity contribution in [3.63, 3.8) is 0 Å². The van der Waals surface area contributed by atoms with E-state index in [-0.39, 0.29) is 5.38 Å². The molecule has 0 saturated heterocycles. The fourth-order valence-electron chi connectivity index (χ4n) is 1.38. The van der Waals surface area contributed by atoms with Gasteiger partial charge in [0, 0.05) is 18.4 Å². The zero-order chi connectivity index (χ0) is 12.0. The molecule has 4 heteroatoms. The highest BCUT2D eigenvalue weighted by atomic mass is 35.5. The second kappa shape index (κ2) is 6.92. The van der Waals surface area contributed by atoms with Gasteiger partial charge in [0.05, 0.1) is 24.7 Å². The largest absolute Gasteiger partial charge is 0.379 e. The van der Waals surface area contributed by atoms with Gasteiger partial charge in [0.2, 0.25) is 0 Å². The molecule has 0 amide bonds. The Hall–Kier alpha value is -0.540. The highest BCUT2D eigenvalue weighted by Crippen LogP contribution is 2.22. The van der Waals surface area contributed by atoms with E-state index in [9.17, 15) is 0 Å². The van der Waals surface area contributed by atoms with E-state index < -0.39 is 0 Å². The van der Waals surface area contributed by atoms with Crippen LogP contribution in [0.5, 0.6) is 0 Å². The van der Waals surface area contributed by atoms with Gasteiger partial charge in [-0.1, -0.05) is 20.8 Å². The van der Waals surface area contributed by atoms with Crippen molar-refractivity contribution < 1.29 is 4.74 Å². The van der Waals surface area contributed by atoms with Gasteiger partial charge in [-0.05, 0) is 12.3 Å². The van der Waals surface area contributed by atoms with Crippen LogP contribution < -0.4 is 0 Å². The SMILES string of the molecule is CCC(Cl)c1cnn(CCOCC(C)C)c1. The maximum absolute atomic E-state index is 6.12. The van der Waals surface area contributed by atoms with Crippen LogP contribution in [0, 0.1) is 5.92 Å². The van der Waals surface area contributed by atoms with E-state index in [1.54, 1.807) is 0 Å². The minimum atomic E-state index is 0.0744. The van der Waals surface area contributed by atoms with Crippen LogP contribution >= 0.6 is 11.6 Å². The molecule has 92 valence electrons. The van der Waals surface area contributed by atoms with E-state index in [1.807, 2.05) is 17.1 Å². The standard InChI is InChI=1S/C12H21ClN2O/c1-4-12(13)11-7-14-15(8-11)5-6-16-9-10(2)3/h7-8,10,12H,4-6,9H2,1-3H3. The van der Waals surface area contributed by atoms with Gasteiger partial charge in [-0.2, -0.15) is 5.10 Å². The van der Waals surface area contributed by atoms with Crippen molar-refractivity contribution in [1.29, 1.82) is 0 Å². The monoisotopic (exact) mass is 244 g/mol. The molecule has 1 unspecified atom stereocenters. The van der Waals surface area contributed by atoms with Crippen LogP contribution in [0.2, 0.25) is 0 Å². The highest BCUT2D eigenvalue weighted by Gasteiger charge is 2.07. The summed E-state index contributed by atoms with van der Waals surface area (Å²) in [6.45, 7) is 8.66. The van der Waals surface area contributed by atoms with Crippen molar-refractivity contribution >= 4 is 11.6 Å². The topological polar surface area (TPSA) is 27.1 Å². The Labute approximate surface area is 103 Å². The van der Waals surface area contributed by atoms with Crippen molar-refractivity contribution in [3.05, 3.63) is 18.0 Å². The lowest BCUT2D eigenvalue weighted by Gasteiger charge is -2.06. The van der Waals surface area contributed by atoms with Gasteiger partial charge < -0.3 is 4.74 Å². The lowest BCUT2D eigenvalue weighted by Crippen LogP contribution is -2.09. The average Bonchev–Trinajstić information content (AvgIpc) is 2.71. The summed E-state index contributed by atoms with van der Waals surface area (Å²) in [4.78, 5) is 0. The Morgan fingerprint density at radius 2 is 2.25 bits per heavy atom. The van der Waals surface area contributed by atoms with E-state index in [2.05, 4.69) is 25.9 Å². The molecule has 0 aromatic carbocycles. The maximum Gasteiger partial charge on any atom is 0.0662 e. The van der Waals surface area contributed by atoms with Crippen LogP contribution in [0.4, 0.5) is 0 Å². The Balaban J connectivity index is 2.29. The van der Waals surface area contributed by atoms with Gasteiger partial charge >= 0.3 is 0 Å². The summed E-state index contributed by atoms with van der Waals surface area (Å²) in [6.07, 6.45) is 4.76. The van der Waals surface area contributed by atoms with Crippen LogP contribution in [0.3, 0.4) is 0 Å². The van der Waals surface area contributed by atoms with Gasteiger partial charge in [0.15, 0.2) is 0 Å². The van der Waals surface area contributed by atoms with E-state index in [1.165, 1.54) is 0 Å². The molecule has 1 heterocycles. The number of alkyl halides is 1. The normalized spacial score (nSPS) is 13.3. The van der Waals surface area contributed by atoms with Crippen molar-refractivity contribution in [2.45, 2.75) is 39.1 Å². The van der Waals surface area contributed by atoms with Crippen LogP contribution in [0.15, 0.2) is 12.4 Å². The molecule has 0 radical (unpaired) electrons. The van der Waals surface area contributed by atoms with Crippen LogP contribution in [0.25, 0.3) is 0 Å². The Morgan fingerprint density at radius 3 is 2.88 bits per heavy atom. The number of halogens is 1. The molecule has 0 aliphatic carbocycles. The molecule has 1 aromatic heterocycles. The molecule has 1 atom stereocenters. The molecule has 1 aromatic rings. The summed E-state index contributed by atoms with van der Waals surface area (Å²) in [5.74, 6) is 0.584. The number of hydrogen-bond donors (Lipinski definition) is 0. The number of ether oxygens (including phenoxy) is 1. The summed E-state index contributed by atoms with van der Waals surface area (Å²) in [6, 6.07) is 0. The zero-order valence-electron chi connectivity index (χ0n) is 10.3. The number of aromatic nitrogens is 2. The maximum atomic E-state index is 6.12. The van der Waals surface area contributed by atoms with E-state index in [0.29, 0.717) is 12.5 Å². The fourth-order valence-corrected chi connectivity index (χ4v) is 1.49. The number of nitrogens with zero attached hydrogens (tertiary/aromatic N) is 2. The molecule has 0 bridgehead atoms. The first kappa shape index (κ1) is 13.5. The first-order valence-corrected chi connectivity index (χ1v) is 6.31. The number of hydrogen-bond acceptors (Lipinski definition) is 2. The molecule has 0 N–H and O–H groups in total. The van der Waals surface area contributed by atoms with Crippen LogP contribution in [-0.4, -0.2) is 23.0 Å². The third kappa shape index (κ3) is 4.54. The van der Waals surface area contributed by atoms with Gasteiger partial charge in [0.25, 0.3) is 0 Å². The molecule has 0 saturated carbocycles. The van der Waals surface area contributed by atoms with Gasteiger partial charge in [0.1, 0.15) is 0 Å². The Bertz CT molecular complexity index is 299. The van der Waals surface area contributed by atoms with Gasteiger partial charge in [-0.25, -0.2) is 0 Å². The molecule has 0 fully saturated rings. The van der Waals surface area contributed by atoms with Gasteiger partial charge in [-0.3, -0.25) is 4.68 Å².